The summed E-state index contributed by atoms with van der Waals surface area (Å²) in [6.45, 7) is 4.47. The normalized spacial score (nSPS) is 13.7. The monoisotopic (exact) mass is 748 g/mol. The molecular formula is C41H82NO8P. The van der Waals surface area contributed by atoms with Crippen LogP contribution in [0.2, 0.25) is 0 Å². The maximum absolute atomic E-state index is 12.5. The number of nitrogens with zero attached hydrogens (tertiary/aromatic N) is 1. The Morgan fingerprint density at radius 2 is 0.980 bits per heavy atom. The van der Waals surface area contributed by atoms with Crippen LogP contribution in [0.1, 0.15) is 200 Å². The van der Waals surface area contributed by atoms with Gasteiger partial charge in [0, 0.05) is 19.3 Å². The van der Waals surface area contributed by atoms with Gasteiger partial charge in [-0.25, -0.2) is 0 Å². The maximum Gasteiger partial charge on any atom is 0.305 e. The van der Waals surface area contributed by atoms with E-state index in [9.17, 15) is 19.0 Å². The number of Topliss-reactive ketones (excluding diaryl/α,β-unsaturated/α-hetero) is 1. The van der Waals surface area contributed by atoms with Gasteiger partial charge in [-0.1, -0.05) is 168 Å². The van der Waals surface area contributed by atoms with Gasteiger partial charge >= 0.3 is 5.97 Å². The molecule has 0 saturated heterocycles. The number of ketones is 1. The summed E-state index contributed by atoms with van der Waals surface area (Å²) in [7, 11) is 1.30. The van der Waals surface area contributed by atoms with Crippen LogP contribution in [-0.4, -0.2) is 70.0 Å². The average molecular weight is 748 g/mol. The SMILES string of the molecule is CCCCCCCCCCCCCCCC(=O)COC(COC(=O)CCCCCCCCCCCCCCC)OP(=O)([O-])OCCC[N+](C)(C)C. The molecule has 0 aromatic carbocycles. The third-order valence-electron chi connectivity index (χ3n) is 9.32. The fourth-order valence-electron chi connectivity index (χ4n) is 6.12. The van der Waals surface area contributed by atoms with Gasteiger partial charge in [-0.2, -0.15) is 0 Å². The van der Waals surface area contributed by atoms with Crippen molar-refractivity contribution in [3.05, 3.63) is 0 Å². The van der Waals surface area contributed by atoms with E-state index < -0.39 is 26.7 Å². The third-order valence-corrected chi connectivity index (χ3v) is 10.3. The van der Waals surface area contributed by atoms with E-state index in [1.807, 2.05) is 21.1 Å². The van der Waals surface area contributed by atoms with E-state index in [4.69, 9.17) is 18.5 Å². The Morgan fingerprint density at radius 1 is 0.588 bits per heavy atom. The minimum atomic E-state index is -4.74. The highest BCUT2D eigenvalue weighted by Gasteiger charge is 2.22. The lowest BCUT2D eigenvalue weighted by Crippen LogP contribution is -2.36. The molecule has 0 amide bonds. The quantitative estimate of drug-likeness (QED) is 0.0200. The van der Waals surface area contributed by atoms with E-state index >= 15 is 0 Å². The van der Waals surface area contributed by atoms with Crippen LogP contribution in [0.15, 0.2) is 0 Å². The molecule has 0 aliphatic carbocycles. The van der Waals surface area contributed by atoms with Gasteiger partial charge in [-0.05, 0) is 12.8 Å². The molecule has 10 heteroatoms. The van der Waals surface area contributed by atoms with Crippen molar-refractivity contribution in [1.29, 1.82) is 0 Å². The van der Waals surface area contributed by atoms with E-state index in [0.717, 1.165) is 45.1 Å². The Balaban J connectivity index is 4.36. The van der Waals surface area contributed by atoms with Crippen molar-refractivity contribution in [3.8, 4) is 0 Å². The summed E-state index contributed by atoms with van der Waals surface area (Å²) in [5.74, 6) is -0.562. The lowest BCUT2D eigenvalue weighted by molar-refractivity contribution is -0.870. The van der Waals surface area contributed by atoms with Crippen LogP contribution in [-0.2, 0) is 32.7 Å². The standard InChI is InChI=1S/C41H82NO8P/c1-6-8-10-12-14-16-18-20-22-24-26-28-30-33-39(43)37-48-41(50-51(45,46)49-36-32-35-42(3,4)5)38-47-40(44)34-31-29-27-25-23-21-19-17-15-13-11-9-7-2/h41H,6-38H2,1-5H3. The molecule has 0 fully saturated rings. The number of phosphoric acid groups is 1. The minimum Gasteiger partial charge on any atom is -0.756 e. The van der Waals surface area contributed by atoms with Crippen molar-refractivity contribution in [2.45, 2.75) is 206 Å². The van der Waals surface area contributed by atoms with E-state index in [0.29, 0.717) is 17.3 Å². The van der Waals surface area contributed by atoms with Gasteiger partial charge in [0.05, 0.1) is 34.3 Å². The van der Waals surface area contributed by atoms with Crippen molar-refractivity contribution in [3.63, 3.8) is 0 Å². The molecular weight excluding hydrogens is 665 g/mol. The van der Waals surface area contributed by atoms with Gasteiger partial charge in [0.2, 0.25) is 0 Å². The van der Waals surface area contributed by atoms with Crippen LogP contribution >= 0.6 is 7.82 Å². The first kappa shape index (κ1) is 50.2. The highest BCUT2D eigenvalue weighted by atomic mass is 31.2. The fraction of sp³-hybridized carbons (Fsp3) is 0.951. The zero-order valence-corrected chi connectivity index (χ0v) is 35.0. The Bertz CT molecular complexity index is 804. The van der Waals surface area contributed by atoms with Gasteiger partial charge < -0.3 is 23.4 Å². The van der Waals surface area contributed by atoms with Crippen LogP contribution in [0.3, 0.4) is 0 Å². The zero-order valence-electron chi connectivity index (χ0n) is 34.1. The Labute approximate surface area is 314 Å². The lowest BCUT2D eigenvalue weighted by Gasteiger charge is -2.28. The van der Waals surface area contributed by atoms with Crippen LogP contribution in [0.5, 0.6) is 0 Å². The summed E-state index contributed by atoms with van der Waals surface area (Å²) in [4.78, 5) is 37.5. The molecule has 2 atom stereocenters. The summed E-state index contributed by atoms with van der Waals surface area (Å²) < 4.78 is 34.3. The van der Waals surface area contributed by atoms with E-state index in [2.05, 4.69) is 13.8 Å². The molecule has 0 heterocycles. The lowest BCUT2D eigenvalue weighted by atomic mass is 10.0. The molecule has 0 saturated carbocycles. The number of quaternary nitrogens is 1. The number of hydrogen-bond acceptors (Lipinski definition) is 8. The van der Waals surface area contributed by atoms with Crippen LogP contribution < -0.4 is 4.89 Å². The number of carbonyl (C=O) groups excluding carboxylic acids is 2. The van der Waals surface area contributed by atoms with Gasteiger partial charge in [-0.3, -0.25) is 18.7 Å². The summed E-state index contributed by atoms with van der Waals surface area (Å²) >= 11 is 0. The van der Waals surface area contributed by atoms with E-state index in [-0.39, 0.29) is 25.4 Å². The van der Waals surface area contributed by atoms with Crippen LogP contribution in [0.4, 0.5) is 0 Å². The van der Waals surface area contributed by atoms with Crippen molar-refractivity contribution in [1.82, 2.24) is 0 Å². The zero-order chi connectivity index (χ0) is 37.9. The van der Waals surface area contributed by atoms with Crippen molar-refractivity contribution >= 4 is 19.6 Å². The predicted molar refractivity (Wildman–Crippen MR) is 208 cm³/mol. The minimum absolute atomic E-state index is 0.0279. The first-order chi connectivity index (χ1) is 24.5. The number of unbranched alkanes of at least 4 members (excludes halogenated alkanes) is 24. The maximum atomic E-state index is 12.5. The molecule has 0 N–H and O–H groups in total. The smallest absolute Gasteiger partial charge is 0.305 e. The number of phosphoric ester groups is 1. The average Bonchev–Trinajstić information content (AvgIpc) is 3.08. The number of ether oxygens (including phenoxy) is 2. The highest BCUT2D eigenvalue weighted by Crippen LogP contribution is 2.40. The van der Waals surface area contributed by atoms with Gasteiger partial charge in [0.25, 0.3) is 7.82 Å². The third kappa shape index (κ3) is 38.7. The van der Waals surface area contributed by atoms with E-state index in [1.54, 1.807) is 0 Å². The van der Waals surface area contributed by atoms with E-state index in [1.165, 1.54) is 128 Å². The van der Waals surface area contributed by atoms with Crippen LogP contribution in [0, 0.1) is 0 Å². The summed E-state index contributed by atoms with van der Waals surface area (Å²) in [6, 6.07) is 0. The molecule has 0 radical (unpaired) electrons. The number of hydrogen-bond donors (Lipinski definition) is 0. The molecule has 0 aromatic heterocycles. The molecule has 0 aliphatic heterocycles. The van der Waals surface area contributed by atoms with Crippen LogP contribution in [0.25, 0.3) is 0 Å². The molecule has 0 aliphatic rings. The summed E-state index contributed by atoms with van der Waals surface area (Å²) in [5, 5.41) is 0. The molecule has 51 heavy (non-hydrogen) atoms. The highest BCUT2D eigenvalue weighted by molar-refractivity contribution is 7.45. The largest absolute Gasteiger partial charge is 0.756 e. The van der Waals surface area contributed by atoms with Crippen molar-refractivity contribution in [2.24, 2.45) is 0 Å². The molecule has 2 unspecified atom stereocenters. The number of carbonyl (C=O) groups is 2. The molecule has 9 nitrogen and oxygen atoms in total. The van der Waals surface area contributed by atoms with Crippen molar-refractivity contribution in [2.75, 3.05) is 47.5 Å². The van der Waals surface area contributed by atoms with Crippen molar-refractivity contribution < 1.29 is 42.1 Å². The molecule has 304 valence electrons. The first-order valence-electron chi connectivity index (χ1n) is 21.2. The second-order valence-electron chi connectivity index (χ2n) is 15.7. The Hall–Kier alpha value is -0.830. The second-order valence-corrected chi connectivity index (χ2v) is 17.1. The van der Waals surface area contributed by atoms with Gasteiger partial charge in [-0.15, -0.1) is 0 Å². The fourth-order valence-corrected chi connectivity index (χ4v) is 6.94. The molecule has 0 aromatic rings. The number of rotatable bonds is 40. The summed E-state index contributed by atoms with van der Waals surface area (Å²) in [5.41, 5.74) is 0. The Morgan fingerprint density at radius 3 is 1.39 bits per heavy atom. The molecule has 0 bridgehead atoms. The van der Waals surface area contributed by atoms with Gasteiger partial charge in [0.15, 0.2) is 12.1 Å². The second kappa shape index (κ2) is 34.9. The molecule has 0 spiro atoms. The Kier molecular flexibility index (Phi) is 34.3. The number of esters is 1. The summed E-state index contributed by atoms with van der Waals surface area (Å²) in [6.07, 6.45) is 31.5. The van der Waals surface area contributed by atoms with Gasteiger partial charge in [0.1, 0.15) is 13.2 Å². The topological polar surface area (TPSA) is 111 Å². The predicted octanol–water partition coefficient (Wildman–Crippen LogP) is 11.0. The molecule has 0 rings (SSSR count). The first-order valence-corrected chi connectivity index (χ1v) is 22.7.